The van der Waals surface area contributed by atoms with Crippen molar-refractivity contribution in [2.75, 3.05) is 20.2 Å². The molecule has 1 aliphatic carbocycles. The van der Waals surface area contributed by atoms with Crippen LogP contribution < -0.4 is 10.1 Å². The summed E-state index contributed by atoms with van der Waals surface area (Å²) in [5.41, 5.74) is 1.08. The summed E-state index contributed by atoms with van der Waals surface area (Å²) in [6.45, 7) is 1.15. The van der Waals surface area contributed by atoms with Gasteiger partial charge in [0.2, 0.25) is 11.8 Å². The second-order valence-corrected chi connectivity index (χ2v) is 7.45. The van der Waals surface area contributed by atoms with Crippen molar-refractivity contribution in [3.05, 3.63) is 29.8 Å². The number of ether oxygens (including phenoxy) is 1. The maximum atomic E-state index is 12.5. The molecule has 1 saturated heterocycles. The molecule has 26 heavy (non-hydrogen) atoms. The second-order valence-electron chi connectivity index (χ2n) is 7.45. The fourth-order valence-corrected chi connectivity index (χ4v) is 4.20. The molecular weight excluding hydrogens is 328 g/mol. The van der Waals surface area contributed by atoms with E-state index in [0.717, 1.165) is 30.6 Å². The molecule has 1 N–H and O–H groups in total. The molecule has 1 heterocycles. The highest BCUT2D eigenvalue weighted by Gasteiger charge is 2.37. The van der Waals surface area contributed by atoms with Gasteiger partial charge in [0.25, 0.3) is 0 Å². The van der Waals surface area contributed by atoms with Gasteiger partial charge in [0.1, 0.15) is 5.75 Å². The van der Waals surface area contributed by atoms with E-state index in [-0.39, 0.29) is 17.7 Å². The van der Waals surface area contributed by atoms with E-state index in [2.05, 4.69) is 5.32 Å². The molecule has 0 bridgehead atoms. The van der Waals surface area contributed by atoms with Crippen molar-refractivity contribution in [1.29, 1.82) is 0 Å². The highest BCUT2D eigenvalue weighted by atomic mass is 16.5. The van der Waals surface area contributed by atoms with Gasteiger partial charge in [-0.15, -0.1) is 0 Å². The van der Waals surface area contributed by atoms with Crippen molar-refractivity contribution in [1.82, 2.24) is 10.2 Å². The minimum Gasteiger partial charge on any atom is -0.496 e. The molecule has 5 heteroatoms. The van der Waals surface area contributed by atoms with E-state index in [9.17, 15) is 9.59 Å². The fourth-order valence-electron chi connectivity index (χ4n) is 4.20. The number of likely N-dealkylation sites (tertiary alicyclic amines) is 1. The number of nitrogens with one attached hydrogen (secondary N) is 1. The predicted octanol–water partition coefficient (Wildman–Crippen LogP) is 2.93. The Morgan fingerprint density at radius 3 is 2.65 bits per heavy atom. The molecule has 2 fully saturated rings. The first-order valence-corrected chi connectivity index (χ1v) is 9.88. The summed E-state index contributed by atoms with van der Waals surface area (Å²) in [5, 5.41) is 3.01. The molecule has 1 unspecified atom stereocenters. The Balaban J connectivity index is 1.48. The number of hydrogen-bond acceptors (Lipinski definition) is 3. The van der Waals surface area contributed by atoms with E-state index >= 15 is 0 Å². The number of rotatable bonds is 6. The molecule has 0 spiro atoms. The van der Waals surface area contributed by atoms with Gasteiger partial charge in [0, 0.05) is 25.6 Å². The summed E-state index contributed by atoms with van der Waals surface area (Å²) in [5.74, 6) is 0.798. The molecule has 1 aromatic rings. The first-order chi connectivity index (χ1) is 12.7. The molecule has 1 aromatic carbocycles. The van der Waals surface area contributed by atoms with Gasteiger partial charge in [-0.2, -0.15) is 0 Å². The molecule has 2 aliphatic rings. The number of amides is 2. The third-order valence-corrected chi connectivity index (χ3v) is 5.68. The van der Waals surface area contributed by atoms with Gasteiger partial charge in [0.15, 0.2) is 0 Å². The largest absolute Gasteiger partial charge is 0.496 e. The molecule has 142 valence electrons. The fraction of sp³-hybridized carbons (Fsp3) is 0.619. The number of hydrogen-bond donors (Lipinski definition) is 1. The lowest BCUT2D eigenvalue weighted by molar-refractivity contribution is -0.130. The van der Waals surface area contributed by atoms with Crippen molar-refractivity contribution in [3.63, 3.8) is 0 Å². The van der Waals surface area contributed by atoms with Gasteiger partial charge in [0.05, 0.1) is 13.0 Å². The Morgan fingerprint density at radius 1 is 1.19 bits per heavy atom. The summed E-state index contributed by atoms with van der Waals surface area (Å²) in [4.78, 5) is 26.9. The van der Waals surface area contributed by atoms with Crippen molar-refractivity contribution in [2.45, 2.75) is 57.4 Å². The molecule has 1 saturated carbocycles. The van der Waals surface area contributed by atoms with Crippen molar-refractivity contribution in [3.8, 4) is 5.75 Å². The van der Waals surface area contributed by atoms with Crippen LogP contribution in [0.4, 0.5) is 0 Å². The van der Waals surface area contributed by atoms with E-state index in [0.29, 0.717) is 25.6 Å². The van der Waals surface area contributed by atoms with Gasteiger partial charge in [-0.25, -0.2) is 0 Å². The first kappa shape index (κ1) is 18.7. The molecule has 0 aromatic heterocycles. The molecule has 1 aliphatic heterocycles. The zero-order chi connectivity index (χ0) is 18.4. The van der Waals surface area contributed by atoms with Crippen molar-refractivity contribution in [2.24, 2.45) is 5.92 Å². The van der Waals surface area contributed by atoms with Gasteiger partial charge in [-0.3, -0.25) is 9.59 Å². The van der Waals surface area contributed by atoms with Crippen LogP contribution in [0.3, 0.4) is 0 Å². The minimum absolute atomic E-state index is 0.00405. The van der Waals surface area contributed by atoms with E-state index in [1.54, 1.807) is 7.11 Å². The van der Waals surface area contributed by atoms with Gasteiger partial charge < -0.3 is 15.0 Å². The normalized spacial score (nSPS) is 21.5. The smallest absolute Gasteiger partial charge is 0.225 e. The summed E-state index contributed by atoms with van der Waals surface area (Å²) in [6, 6.07) is 8.19. The quantitative estimate of drug-likeness (QED) is 0.796. The third kappa shape index (κ3) is 4.57. The van der Waals surface area contributed by atoms with Crippen LogP contribution in [0.5, 0.6) is 5.75 Å². The summed E-state index contributed by atoms with van der Waals surface area (Å²) >= 11 is 0. The van der Waals surface area contributed by atoms with Crippen LogP contribution >= 0.6 is 0 Å². The van der Waals surface area contributed by atoms with Crippen LogP contribution in [0.25, 0.3) is 0 Å². The second kappa shape index (κ2) is 9.06. The Bertz CT molecular complexity index is 623. The molecule has 2 amide bonds. The summed E-state index contributed by atoms with van der Waals surface area (Å²) in [7, 11) is 1.66. The van der Waals surface area contributed by atoms with Gasteiger partial charge >= 0.3 is 0 Å². The lowest BCUT2D eigenvalue weighted by Gasteiger charge is -2.27. The monoisotopic (exact) mass is 358 g/mol. The van der Waals surface area contributed by atoms with Crippen LogP contribution in [0, 0.1) is 5.92 Å². The Morgan fingerprint density at radius 2 is 1.92 bits per heavy atom. The Hall–Kier alpha value is -2.04. The predicted molar refractivity (Wildman–Crippen MR) is 101 cm³/mol. The molecule has 0 radical (unpaired) electrons. The van der Waals surface area contributed by atoms with Crippen LogP contribution in [-0.4, -0.2) is 43.0 Å². The Labute approximate surface area is 156 Å². The zero-order valence-electron chi connectivity index (χ0n) is 15.7. The van der Waals surface area contributed by atoms with Gasteiger partial charge in [-0.05, 0) is 30.9 Å². The van der Waals surface area contributed by atoms with E-state index < -0.39 is 0 Å². The molecular formula is C21H30N2O3. The van der Waals surface area contributed by atoms with Crippen LogP contribution in [0.15, 0.2) is 24.3 Å². The highest BCUT2D eigenvalue weighted by molar-refractivity contribution is 5.89. The summed E-state index contributed by atoms with van der Waals surface area (Å²) in [6.07, 6.45) is 8.20. The Kier molecular flexibility index (Phi) is 6.53. The van der Waals surface area contributed by atoms with Crippen molar-refractivity contribution < 1.29 is 14.3 Å². The number of carbonyl (C=O) groups is 2. The van der Waals surface area contributed by atoms with Crippen LogP contribution in [0.2, 0.25) is 0 Å². The average Bonchev–Trinajstić information content (AvgIpc) is 2.86. The lowest BCUT2D eigenvalue weighted by atomic mass is 10.1. The van der Waals surface area contributed by atoms with Crippen LogP contribution in [0.1, 0.15) is 50.5 Å². The zero-order valence-corrected chi connectivity index (χ0v) is 15.7. The number of nitrogens with zero attached hydrogens (tertiary/aromatic N) is 1. The molecule has 5 nitrogen and oxygen atoms in total. The minimum atomic E-state index is -0.205. The molecule has 1 atom stereocenters. The van der Waals surface area contributed by atoms with Gasteiger partial charge in [-0.1, -0.05) is 43.9 Å². The number of carbonyl (C=O) groups excluding carboxylic acids is 2. The maximum absolute atomic E-state index is 12.5. The van der Waals surface area contributed by atoms with E-state index in [1.165, 1.54) is 25.7 Å². The third-order valence-electron chi connectivity index (χ3n) is 5.68. The number of para-hydroxylation sites is 1. The average molecular weight is 358 g/mol. The highest BCUT2D eigenvalue weighted by Crippen LogP contribution is 2.28. The number of methoxy groups -OCH3 is 1. The SMILES string of the molecule is COc1ccccc1CCNC(=O)C1CC(=O)N(C2CCCCCC2)C1. The topological polar surface area (TPSA) is 58.6 Å². The van der Waals surface area contributed by atoms with Crippen LogP contribution in [-0.2, 0) is 16.0 Å². The molecule has 3 rings (SSSR count). The van der Waals surface area contributed by atoms with E-state index in [1.807, 2.05) is 29.2 Å². The van der Waals surface area contributed by atoms with E-state index in [4.69, 9.17) is 4.74 Å². The standard InChI is InChI=1S/C21H30N2O3/c1-26-19-11-7-6-8-16(19)12-13-22-21(25)17-14-20(24)23(15-17)18-9-4-2-3-5-10-18/h6-8,11,17-18H,2-5,9-10,12-15H2,1H3,(H,22,25). The first-order valence-electron chi connectivity index (χ1n) is 9.88. The summed E-state index contributed by atoms with van der Waals surface area (Å²) < 4.78 is 5.34. The lowest BCUT2D eigenvalue weighted by Crippen LogP contribution is -2.38. The number of benzene rings is 1. The van der Waals surface area contributed by atoms with Crippen molar-refractivity contribution >= 4 is 11.8 Å². The maximum Gasteiger partial charge on any atom is 0.225 e.